The molecule has 0 aromatic heterocycles. The van der Waals surface area contributed by atoms with Crippen LogP contribution in [0.1, 0.15) is 158 Å². The summed E-state index contributed by atoms with van der Waals surface area (Å²) in [5.74, 6) is 11.3. The van der Waals surface area contributed by atoms with Crippen molar-refractivity contribution in [2.75, 3.05) is 0 Å². The summed E-state index contributed by atoms with van der Waals surface area (Å²) in [7, 11) is 0. The predicted molar refractivity (Wildman–Crippen MR) is 156 cm³/mol. The average Bonchev–Trinajstić information content (AvgIpc) is 3.61. The maximum absolute atomic E-state index is 2.45. The molecule has 37 heavy (non-hydrogen) atoms. The zero-order valence-electron chi connectivity index (χ0n) is 26.0. The Morgan fingerprint density at radius 1 is 0.405 bits per heavy atom. The van der Waals surface area contributed by atoms with Gasteiger partial charge in [-0.3, -0.25) is 0 Å². The van der Waals surface area contributed by atoms with Gasteiger partial charge in [-0.25, -0.2) is 0 Å². The van der Waals surface area contributed by atoms with Gasteiger partial charge in [0.1, 0.15) is 0 Å². The van der Waals surface area contributed by atoms with E-state index >= 15 is 0 Å². The van der Waals surface area contributed by atoms with Gasteiger partial charge in [-0.2, -0.15) is 75.0 Å². The smallest absolute Gasteiger partial charge is 0.310 e. The van der Waals surface area contributed by atoms with Gasteiger partial charge in [-0.05, 0) is 0 Å². The molecular weight excluding hydrogens is 484 g/mol. The summed E-state index contributed by atoms with van der Waals surface area (Å²) in [5.41, 5.74) is 2.98. The molecule has 8 atom stereocenters. The molecule has 0 spiro atoms. The first-order valence-electron chi connectivity index (χ1n) is 16.2. The van der Waals surface area contributed by atoms with Crippen molar-refractivity contribution >= 4 is 0 Å². The van der Waals surface area contributed by atoms with Crippen LogP contribution in [0.3, 0.4) is 0 Å². The van der Waals surface area contributed by atoms with Gasteiger partial charge in [0.15, 0.2) is 0 Å². The van der Waals surface area contributed by atoms with E-state index in [-0.39, 0.29) is 17.4 Å². The van der Waals surface area contributed by atoms with Crippen molar-refractivity contribution < 1.29 is 17.4 Å². The standard InChI is InChI=1S/4C9H15.Cr/c4*1-7-5-9(2)4-3-8(7)6-9;/h4*7H,3-6H2,1-2H3;/q4*-1;+4. The summed E-state index contributed by atoms with van der Waals surface area (Å²) in [4.78, 5) is 0. The second kappa shape index (κ2) is 11.1. The minimum Gasteiger partial charge on any atom is -0.310 e. The average molecular weight is 545 g/mol. The molecule has 8 rings (SSSR count). The van der Waals surface area contributed by atoms with E-state index in [9.17, 15) is 0 Å². The Labute approximate surface area is 243 Å². The van der Waals surface area contributed by atoms with Crippen LogP contribution in [-0.4, -0.2) is 0 Å². The molecule has 0 radical (unpaired) electrons. The van der Waals surface area contributed by atoms with Crippen molar-refractivity contribution in [3.8, 4) is 0 Å². The third-order valence-corrected chi connectivity index (χ3v) is 12.8. The van der Waals surface area contributed by atoms with Gasteiger partial charge in [0.2, 0.25) is 0 Å². The van der Waals surface area contributed by atoms with Crippen LogP contribution in [0.5, 0.6) is 0 Å². The van der Waals surface area contributed by atoms with Gasteiger partial charge in [0.05, 0.1) is 0 Å². The summed E-state index contributed by atoms with van der Waals surface area (Å²) in [5, 5.41) is 0. The molecule has 8 unspecified atom stereocenters. The van der Waals surface area contributed by atoms with Crippen molar-refractivity contribution in [1.29, 1.82) is 0 Å². The molecular formula is C36H60Cr. The zero-order chi connectivity index (χ0) is 25.9. The molecule has 8 bridgehead atoms. The number of hydrogen-bond donors (Lipinski definition) is 0. The second-order valence-electron chi connectivity index (χ2n) is 17.0. The Bertz CT molecular complexity index is 631. The minimum atomic E-state index is 0. The molecule has 1 heteroatoms. The maximum Gasteiger partial charge on any atom is 4.00 e. The fourth-order valence-corrected chi connectivity index (χ4v) is 10.7. The van der Waals surface area contributed by atoms with Gasteiger partial charge in [-0.15, -0.1) is 0 Å². The first-order chi connectivity index (χ1) is 16.8. The van der Waals surface area contributed by atoms with Gasteiger partial charge in [0.25, 0.3) is 0 Å². The zero-order valence-corrected chi connectivity index (χ0v) is 27.3. The molecule has 0 aromatic carbocycles. The first-order valence-corrected chi connectivity index (χ1v) is 16.2. The van der Waals surface area contributed by atoms with Crippen LogP contribution in [-0.2, 0) is 17.4 Å². The quantitative estimate of drug-likeness (QED) is 0.266. The van der Waals surface area contributed by atoms with Crippen LogP contribution in [0, 0.1) is 69.0 Å². The van der Waals surface area contributed by atoms with Crippen LogP contribution in [0.25, 0.3) is 0 Å². The van der Waals surface area contributed by atoms with E-state index < -0.39 is 0 Å². The fourth-order valence-electron chi connectivity index (χ4n) is 10.7. The second-order valence-corrected chi connectivity index (χ2v) is 17.0. The van der Waals surface area contributed by atoms with Crippen LogP contribution in [0.2, 0.25) is 0 Å². The normalized spacial score (nSPS) is 49.3. The van der Waals surface area contributed by atoms with E-state index in [1.54, 1.807) is 0 Å². The van der Waals surface area contributed by atoms with Crippen molar-refractivity contribution in [2.24, 2.45) is 45.3 Å². The van der Waals surface area contributed by atoms with Crippen LogP contribution in [0.4, 0.5) is 0 Å². The van der Waals surface area contributed by atoms with E-state index in [0.29, 0.717) is 0 Å². The SMILES string of the molecule is CC1CC2(C)CC[C-]1C2.CC1CC2(C)CC[C-]1C2.CC1CC2(C)CC[C-]1C2.CC1CC2(C)CC[C-]1C2.[Cr+4]. The molecule has 0 aromatic rings. The summed E-state index contributed by atoms with van der Waals surface area (Å²) in [6.45, 7) is 19.3. The first kappa shape index (κ1) is 30.5. The van der Waals surface area contributed by atoms with Crippen molar-refractivity contribution in [2.45, 2.75) is 158 Å². The Balaban J connectivity index is 0.000000114. The molecule has 210 valence electrons. The van der Waals surface area contributed by atoms with Crippen molar-refractivity contribution in [3.63, 3.8) is 0 Å². The third-order valence-electron chi connectivity index (χ3n) is 12.8. The van der Waals surface area contributed by atoms with Crippen LogP contribution < -0.4 is 0 Å². The molecule has 8 aliphatic rings. The Kier molecular flexibility index (Phi) is 9.13. The predicted octanol–water partition coefficient (Wildman–Crippen LogP) is 11.2. The van der Waals surface area contributed by atoms with E-state index in [2.05, 4.69) is 55.4 Å². The number of fused-ring (bicyclic) bond motifs is 8. The summed E-state index contributed by atoms with van der Waals surface area (Å²) in [6, 6.07) is 0. The Morgan fingerprint density at radius 3 is 0.649 bits per heavy atom. The van der Waals surface area contributed by atoms with E-state index in [1.807, 2.05) is 23.7 Å². The van der Waals surface area contributed by atoms with Crippen molar-refractivity contribution in [3.05, 3.63) is 23.7 Å². The molecule has 8 fully saturated rings. The molecule has 0 heterocycles. The molecule has 8 saturated carbocycles. The topological polar surface area (TPSA) is 0 Å². The van der Waals surface area contributed by atoms with E-state index in [4.69, 9.17) is 0 Å². The largest absolute Gasteiger partial charge is 4.00 e. The minimum absolute atomic E-state index is 0. The van der Waals surface area contributed by atoms with Gasteiger partial charge in [-0.1, -0.05) is 128 Å². The molecule has 0 N–H and O–H groups in total. The van der Waals surface area contributed by atoms with Gasteiger partial charge in [0, 0.05) is 0 Å². The summed E-state index contributed by atoms with van der Waals surface area (Å²) in [6.07, 6.45) is 23.4. The molecule has 8 aliphatic carbocycles. The van der Waals surface area contributed by atoms with Gasteiger partial charge >= 0.3 is 17.4 Å². The monoisotopic (exact) mass is 544 g/mol. The molecule has 0 saturated heterocycles. The Hall–Kier alpha value is 0.532. The molecule has 0 aliphatic heterocycles. The number of rotatable bonds is 0. The van der Waals surface area contributed by atoms with Crippen LogP contribution >= 0.6 is 0 Å². The van der Waals surface area contributed by atoms with Crippen LogP contribution in [0.15, 0.2) is 0 Å². The Morgan fingerprint density at radius 2 is 0.595 bits per heavy atom. The van der Waals surface area contributed by atoms with Crippen molar-refractivity contribution in [1.82, 2.24) is 0 Å². The molecule has 0 amide bonds. The maximum atomic E-state index is 2.45. The molecule has 0 nitrogen and oxygen atoms in total. The van der Waals surface area contributed by atoms with E-state index in [1.165, 1.54) is 103 Å². The number of hydrogen-bond acceptors (Lipinski definition) is 0. The fraction of sp³-hybridized carbons (Fsp3) is 0.889. The third kappa shape index (κ3) is 6.72. The summed E-state index contributed by atoms with van der Waals surface area (Å²) < 4.78 is 0. The summed E-state index contributed by atoms with van der Waals surface area (Å²) >= 11 is 0. The van der Waals surface area contributed by atoms with Gasteiger partial charge < -0.3 is 23.7 Å². The van der Waals surface area contributed by atoms with E-state index in [0.717, 1.165) is 45.3 Å².